The predicted octanol–water partition coefficient (Wildman–Crippen LogP) is 2.73. The van der Waals surface area contributed by atoms with E-state index in [1.165, 1.54) is 18.3 Å². The second-order valence-corrected chi connectivity index (χ2v) is 3.52. The number of benzene rings is 1. The van der Waals surface area contributed by atoms with Crippen molar-refractivity contribution in [2.45, 2.75) is 0 Å². The number of hydrogen-bond acceptors (Lipinski definition) is 5. The molecule has 7 heteroatoms. The van der Waals surface area contributed by atoms with Gasteiger partial charge in [-0.05, 0) is 18.2 Å². The van der Waals surface area contributed by atoms with Crippen molar-refractivity contribution in [1.29, 1.82) is 0 Å². The maximum atomic E-state index is 12.9. The van der Waals surface area contributed by atoms with Gasteiger partial charge in [-0.1, -0.05) is 0 Å². The number of nitrogens with zero attached hydrogens (tertiary/aromatic N) is 2. The zero-order chi connectivity index (χ0) is 13.8. The van der Waals surface area contributed by atoms with E-state index in [0.29, 0.717) is 11.8 Å². The summed E-state index contributed by atoms with van der Waals surface area (Å²) in [5, 5.41) is 10.8. The molecule has 0 radical (unpaired) electrons. The molecule has 1 aromatic carbocycles. The lowest BCUT2D eigenvalue weighted by Crippen LogP contribution is -1.95. The summed E-state index contributed by atoms with van der Waals surface area (Å²) in [5.41, 5.74) is -0.151. The van der Waals surface area contributed by atoms with Crippen molar-refractivity contribution in [3.8, 4) is 11.6 Å². The Bertz CT molecular complexity index is 628. The van der Waals surface area contributed by atoms with Crippen molar-refractivity contribution < 1.29 is 18.8 Å². The Labute approximate surface area is 106 Å². The highest BCUT2D eigenvalue weighted by Gasteiger charge is 2.17. The topological polar surface area (TPSA) is 82.3 Å². The molecule has 0 fully saturated rings. The quantitative estimate of drug-likeness (QED) is 0.480. The first-order valence-electron chi connectivity index (χ1n) is 5.13. The van der Waals surface area contributed by atoms with Crippen LogP contribution in [0.5, 0.6) is 11.6 Å². The zero-order valence-corrected chi connectivity index (χ0v) is 9.45. The van der Waals surface area contributed by atoms with Gasteiger partial charge in [-0.15, -0.1) is 0 Å². The van der Waals surface area contributed by atoms with E-state index in [2.05, 4.69) is 4.98 Å². The lowest BCUT2D eigenvalue weighted by molar-refractivity contribution is -0.385. The van der Waals surface area contributed by atoms with E-state index < -0.39 is 16.4 Å². The number of nitro groups is 1. The van der Waals surface area contributed by atoms with Crippen LogP contribution in [-0.4, -0.2) is 16.2 Å². The fraction of sp³-hybridized carbons (Fsp3) is 0. The van der Waals surface area contributed by atoms with Crippen LogP contribution in [0.1, 0.15) is 10.4 Å². The third-order valence-electron chi connectivity index (χ3n) is 2.23. The minimum absolute atomic E-state index is 0.0697. The van der Waals surface area contributed by atoms with Gasteiger partial charge in [0.1, 0.15) is 5.82 Å². The van der Waals surface area contributed by atoms with Gasteiger partial charge in [-0.3, -0.25) is 14.9 Å². The summed E-state index contributed by atoms with van der Waals surface area (Å²) in [7, 11) is 0. The van der Waals surface area contributed by atoms with Crippen LogP contribution in [0.2, 0.25) is 0 Å². The van der Waals surface area contributed by atoms with Crippen LogP contribution in [0.4, 0.5) is 10.1 Å². The Morgan fingerprint density at radius 1 is 1.32 bits per heavy atom. The second-order valence-electron chi connectivity index (χ2n) is 3.52. The van der Waals surface area contributed by atoms with Crippen molar-refractivity contribution in [3.63, 3.8) is 0 Å². The van der Waals surface area contributed by atoms with Crippen molar-refractivity contribution >= 4 is 12.0 Å². The van der Waals surface area contributed by atoms with E-state index in [1.54, 1.807) is 0 Å². The second kappa shape index (κ2) is 5.21. The maximum absolute atomic E-state index is 12.9. The summed E-state index contributed by atoms with van der Waals surface area (Å²) < 4.78 is 18.1. The number of ether oxygens (including phenoxy) is 1. The van der Waals surface area contributed by atoms with Gasteiger partial charge in [0.25, 0.3) is 0 Å². The molecule has 0 unspecified atom stereocenters. The van der Waals surface area contributed by atoms with Crippen molar-refractivity contribution in [2.75, 3.05) is 0 Å². The van der Waals surface area contributed by atoms with Gasteiger partial charge in [-0.2, -0.15) is 0 Å². The number of hydrogen-bond donors (Lipinski definition) is 0. The number of aldehydes is 1. The summed E-state index contributed by atoms with van der Waals surface area (Å²) in [6.45, 7) is 0. The first kappa shape index (κ1) is 12.6. The normalized spacial score (nSPS) is 9.95. The lowest BCUT2D eigenvalue weighted by Gasteiger charge is -2.05. The van der Waals surface area contributed by atoms with Gasteiger partial charge < -0.3 is 4.74 Å². The molecular formula is C12H7FN2O4. The Hall–Kier alpha value is -2.83. The Morgan fingerprint density at radius 3 is 2.68 bits per heavy atom. The number of halogens is 1. The molecule has 1 heterocycles. The van der Waals surface area contributed by atoms with Gasteiger partial charge in [0.2, 0.25) is 11.6 Å². The van der Waals surface area contributed by atoms with Crippen molar-refractivity contribution in [3.05, 3.63) is 58.0 Å². The summed E-state index contributed by atoms with van der Waals surface area (Å²) in [4.78, 5) is 24.2. The van der Waals surface area contributed by atoms with Crippen LogP contribution in [-0.2, 0) is 0 Å². The molecule has 0 saturated carbocycles. The monoisotopic (exact) mass is 262 g/mol. The van der Waals surface area contributed by atoms with E-state index in [1.807, 2.05) is 0 Å². The fourth-order valence-corrected chi connectivity index (χ4v) is 1.35. The van der Waals surface area contributed by atoms with Crippen molar-refractivity contribution in [2.24, 2.45) is 0 Å². The largest absolute Gasteiger partial charge is 0.432 e. The minimum atomic E-state index is -0.752. The van der Waals surface area contributed by atoms with Crippen molar-refractivity contribution in [1.82, 2.24) is 4.98 Å². The highest BCUT2D eigenvalue weighted by atomic mass is 19.1. The van der Waals surface area contributed by atoms with Crippen LogP contribution in [0.25, 0.3) is 0 Å². The molecule has 0 aliphatic carbocycles. The molecule has 19 heavy (non-hydrogen) atoms. The number of carbonyl (C=O) groups excluding carboxylic acids is 1. The number of carbonyl (C=O) groups is 1. The maximum Gasteiger partial charge on any atom is 0.314 e. The van der Waals surface area contributed by atoms with Gasteiger partial charge >= 0.3 is 5.69 Å². The summed E-state index contributed by atoms with van der Waals surface area (Å²) in [6, 6.07) is 5.78. The third kappa shape index (κ3) is 2.89. The molecule has 0 bridgehead atoms. The lowest BCUT2D eigenvalue weighted by atomic mass is 10.3. The Kier molecular flexibility index (Phi) is 3.46. The molecule has 0 atom stereocenters. The van der Waals surface area contributed by atoms with E-state index in [9.17, 15) is 19.3 Å². The highest BCUT2D eigenvalue weighted by Crippen LogP contribution is 2.30. The molecule has 0 saturated heterocycles. The van der Waals surface area contributed by atoms with Crippen LogP contribution in [0, 0.1) is 15.9 Å². The summed E-state index contributed by atoms with van der Waals surface area (Å²) >= 11 is 0. The fourth-order valence-electron chi connectivity index (χ4n) is 1.35. The molecule has 96 valence electrons. The van der Waals surface area contributed by atoms with Crippen LogP contribution >= 0.6 is 0 Å². The van der Waals surface area contributed by atoms with E-state index in [4.69, 9.17) is 4.74 Å². The van der Waals surface area contributed by atoms with Gasteiger partial charge in [0.15, 0.2) is 6.29 Å². The smallest absolute Gasteiger partial charge is 0.314 e. The molecule has 0 aliphatic rings. The molecule has 2 rings (SSSR count). The highest BCUT2D eigenvalue weighted by molar-refractivity contribution is 5.74. The molecule has 0 N–H and O–H groups in total. The SMILES string of the molecule is O=Cc1ccc(Oc2ccc(F)cc2[N+](=O)[O-])nc1. The summed E-state index contributed by atoms with van der Waals surface area (Å²) in [6.07, 6.45) is 1.87. The molecule has 0 aliphatic heterocycles. The molecule has 0 spiro atoms. The van der Waals surface area contributed by atoms with Gasteiger partial charge in [-0.25, -0.2) is 9.37 Å². The first-order valence-corrected chi connectivity index (χ1v) is 5.13. The Balaban J connectivity index is 2.31. The predicted molar refractivity (Wildman–Crippen MR) is 62.8 cm³/mol. The van der Waals surface area contributed by atoms with E-state index in [-0.39, 0.29) is 11.6 Å². The number of aromatic nitrogens is 1. The molecule has 1 aromatic heterocycles. The van der Waals surface area contributed by atoms with E-state index >= 15 is 0 Å². The van der Waals surface area contributed by atoms with Crippen LogP contribution in [0.15, 0.2) is 36.5 Å². The van der Waals surface area contributed by atoms with Gasteiger partial charge in [0, 0.05) is 17.8 Å². The number of nitro benzene ring substituents is 1. The summed E-state index contributed by atoms with van der Waals surface area (Å²) in [5.74, 6) is -0.790. The third-order valence-corrected chi connectivity index (χ3v) is 2.23. The first-order chi connectivity index (χ1) is 9.10. The average molecular weight is 262 g/mol. The standard InChI is InChI=1S/C12H7FN2O4/c13-9-2-3-11(10(5-9)15(17)18)19-12-4-1-8(7-16)6-14-12/h1-7H. The Morgan fingerprint density at radius 2 is 2.11 bits per heavy atom. The van der Waals surface area contributed by atoms with Crippen LogP contribution < -0.4 is 4.74 Å². The van der Waals surface area contributed by atoms with E-state index in [0.717, 1.165) is 18.2 Å². The number of pyridine rings is 1. The molecule has 0 amide bonds. The molecule has 2 aromatic rings. The van der Waals surface area contributed by atoms with Crippen LogP contribution in [0.3, 0.4) is 0 Å². The minimum Gasteiger partial charge on any atom is -0.432 e. The molecule has 6 nitrogen and oxygen atoms in total. The number of rotatable bonds is 4. The zero-order valence-electron chi connectivity index (χ0n) is 9.45. The average Bonchev–Trinajstić information content (AvgIpc) is 2.41. The molecular weight excluding hydrogens is 255 g/mol. The van der Waals surface area contributed by atoms with Gasteiger partial charge in [0.05, 0.1) is 11.0 Å².